The summed E-state index contributed by atoms with van der Waals surface area (Å²) in [5.74, 6) is -1.50. The summed E-state index contributed by atoms with van der Waals surface area (Å²) in [6.07, 6.45) is -0.816. The van der Waals surface area contributed by atoms with Crippen LogP contribution in [0.4, 0.5) is 8.78 Å². The van der Waals surface area contributed by atoms with Crippen molar-refractivity contribution in [3.05, 3.63) is 59.7 Å². The second kappa shape index (κ2) is 6.35. The molecule has 0 spiro atoms. The lowest BCUT2D eigenvalue weighted by Crippen LogP contribution is -2.23. The first-order valence-corrected chi connectivity index (χ1v) is 6.31. The van der Waals surface area contributed by atoms with Gasteiger partial charge in [-0.05, 0) is 43.3 Å². The topological polar surface area (TPSA) is 35.5 Å². The van der Waals surface area contributed by atoms with Crippen LogP contribution in [-0.2, 0) is 0 Å². The van der Waals surface area contributed by atoms with Crippen LogP contribution in [0.2, 0.25) is 0 Å². The Kier molecular flexibility index (Phi) is 4.52. The van der Waals surface area contributed by atoms with Crippen LogP contribution in [0, 0.1) is 11.6 Å². The van der Waals surface area contributed by atoms with Crippen molar-refractivity contribution in [2.24, 2.45) is 0 Å². The molecular formula is C16H14F2O3. The van der Waals surface area contributed by atoms with Gasteiger partial charge in [0.15, 0.2) is 17.7 Å². The molecule has 0 bridgehead atoms. The SMILES string of the molecule is COc1ccc(C(=O)C(C)Oc2ccc(F)c(F)c2)cc1. The molecule has 0 saturated carbocycles. The maximum Gasteiger partial charge on any atom is 0.202 e. The molecule has 0 heterocycles. The summed E-state index contributed by atoms with van der Waals surface area (Å²) in [6.45, 7) is 1.55. The van der Waals surface area contributed by atoms with E-state index in [2.05, 4.69) is 0 Å². The highest BCUT2D eigenvalue weighted by Gasteiger charge is 2.17. The van der Waals surface area contributed by atoms with Crippen LogP contribution < -0.4 is 9.47 Å². The van der Waals surface area contributed by atoms with Crippen LogP contribution in [0.3, 0.4) is 0 Å². The molecule has 2 aromatic carbocycles. The molecule has 0 aliphatic rings. The van der Waals surface area contributed by atoms with Gasteiger partial charge in [0.1, 0.15) is 11.5 Å². The van der Waals surface area contributed by atoms with E-state index in [0.717, 1.165) is 12.1 Å². The molecule has 2 rings (SSSR count). The summed E-state index contributed by atoms with van der Waals surface area (Å²) in [5.41, 5.74) is 0.450. The van der Waals surface area contributed by atoms with Crippen molar-refractivity contribution in [3.8, 4) is 11.5 Å². The molecule has 0 aliphatic carbocycles. The Bertz CT molecular complexity index is 638. The third-order valence-electron chi connectivity index (χ3n) is 2.95. The number of carbonyl (C=O) groups is 1. The lowest BCUT2D eigenvalue weighted by atomic mass is 10.1. The van der Waals surface area contributed by atoms with E-state index in [0.29, 0.717) is 11.3 Å². The van der Waals surface area contributed by atoms with E-state index in [4.69, 9.17) is 9.47 Å². The normalized spacial score (nSPS) is 11.8. The zero-order valence-electron chi connectivity index (χ0n) is 11.6. The number of methoxy groups -OCH3 is 1. The number of ether oxygens (including phenoxy) is 2. The Hall–Kier alpha value is -2.43. The summed E-state index contributed by atoms with van der Waals surface area (Å²) >= 11 is 0. The van der Waals surface area contributed by atoms with Crippen molar-refractivity contribution in [1.82, 2.24) is 0 Å². The van der Waals surface area contributed by atoms with Gasteiger partial charge in [0.05, 0.1) is 7.11 Å². The van der Waals surface area contributed by atoms with E-state index in [1.54, 1.807) is 31.2 Å². The van der Waals surface area contributed by atoms with Gasteiger partial charge in [-0.15, -0.1) is 0 Å². The van der Waals surface area contributed by atoms with E-state index in [9.17, 15) is 13.6 Å². The number of Topliss-reactive ketones (excluding diaryl/α,β-unsaturated/α-hetero) is 1. The highest BCUT2D eigenvalue weighted by atomic mass is 19.2. The van der Waals surface area contributed by atoms with E-state index >= 15 is 0 Å². The van der Waals surface area contributed by atoms with Crippen molar-refractivity contribution in [3.63, 3.8) is 0 Å². The highest BCUT2D eigenvalue weighted by molar-refractivity contribution is 5.99. The minimum absolute atomic E-state index is 0.100. The fourth-order valence-electron chi connectivity index (χ4n) is 1.80. The molecule has 0 amide bonds. The van der Waals surface area contributed by atoms with Crippen LogP contribution in [-0.4, -0.2) is 19.0 Å². The maximum absolute atomic E-state index is 13.1. The Morgan fingerprint density at radius 1 is 1.00 bits per heavy atom. The van der Waals surface area contributed by atoms with Crippen LogP contribution in [0.25, 0.3) is 0 Å². The lowest BCUT2D eigenvalue weighted by Gasteiger charge is -2.14. The van der Waals surface area contributed by atoms with Gasteiger partial charge in [-0.1, -0.05) is 0 Å². The fraction of sp³-hybridized carbons (Fsp3) is 0.188. The third kappa shape index (κ3) is 3.56. The highest BCUT2D eigenvalue weighted by Crippen LogP contribution is 2.19. The number of carbonyl (C=O) groups excluding carboxylic acids is 1. The largest absolute Gasteiger partial charge is 0.497 e. The molecular weight excluding hydrogens is 278 g/mol. The van der Waals surface area contributed by atoms with Gasteiger partial charge in [-0.3, -0.25) is 4.79 Å². The molecule has 0 aromatic heterocycles. The van der Waals surface area contributed by atoms with Crippen LogP contribution in [0.1, 0.15) is 17.3 Å². The van der Waals surface area contributed by atoms with Crippen molar-refractivity contribution in [1.29, 1.82) is 0 Å². The molecule has 2 aromatic rings. The molecule has 0 saturated heterocycles. The first kappa shape index (κ1) is 15.0. The number of rotatable bonds is 5. The first-order chi connectivity index (χ1) is 10.0. The summed E-state index contributed by atoms with van der Waals surface area (Å²) in [7, 11) is 1.53. The third-order valence-corrected chi connectivity index (χ3v) is 2.95. The predicted molar refractivity (Wildman–Crippen MR) is 73.8 cm³/mol. The smallest absolute Gasteiger partial charge is 0.202 e. The molecule has 21 heavy (non-hydrogen) atoms. The van der Waals surface area contributed by atoms with E-state index in [1.807, 2.05) is 0 Å². The monoisotopic (exact) mass is 292 g/mol. The number of hydrogen-bond acceptors (Lipinski definition) is 3. The summed E-state index contributed by atoms with van der Waals surface area (Å²) in [4.78, 5) is 12.2. The molecule has 0 N–H and O–H groups in total. The van der Waals surface area contributed by atoms with E-state index < -0.39 is 17.7 Å². The average molecular weight is 292 g/mol. The summed E-state index contributed by atoms with van der Waals surface area (Å²) < 4.78 is 36.3. The number of ketones is 1. The van der Waals surface area contributed by atoms with Gasteiger partial charge < -0.3 is 9.47 Å². The maximum atomic E-state index is 13.1. The van der Waals surface area contributed by atoms with Crippen molar-refractivity contribution < 1.29 is 23.0 Å². The van der Waals surface area contributed by atoms with Crippen molar-refractivity contribution in [2.75, 3.05) is 7.11 Å². The molecule has 0 aliphatic heterocycles. The number of hydrogen-bond donors (Lipinski definition) is 0. The Labute approximate surface area is 121 Å². The zero-order valence-corrected chi connectivity index (χ0v) is 11.6. The summed E-state index contributed by atoms with van der Waals surface area (Å²) in [5, 5.41) is 0. The molecule has 0 fully saturated rings. The minimum atomic E-state index is -1.02. The molecule has 5 heteroatoms. The first-order valence-electron chi connectivity index (χ1n) is 6.31. The molecule has 1 atom stereocenters. The van der Waals surface area contributed by atoms with Gasteiger partial charge in [-0.2, -0.15) is 0 Å². The Morgan fingerprint density at radius 3 is 2.19 bits per heavy atom. The predicted octanol–water partition coefficient (Wildman–Crippen LogP) is 3.62. The lowest BCUT2D eigenvalue weighted by molar-refractivity contribution is 0.0817. The Morgan fingerprint density at radius 2 is 1.62 bits per heavy atom. The van der Waals surface area contributed by atoms with E-state index in [1.165, 1.54) is 13.2 Å². The van der Waals surface area contributed by atoms with Gasteiger partial charge in [-0.25, -0.2) is 8.78 Å². The second-order valence-corrected chi connectivity index (χ2v) is 4.43. The van der Waals surface area contributed by atoms with Gasteiger partial charge in [0.2, 0.25) is 5.78 Å². The average Bonchev–Trinajstić information content (AvgIpc) is 2.50. The van der Waals surface area contributed by atoms with Gasteiger partial charge in [0.25, 0.3) is 0 Å². The molecule has 0 radical (unpaired) electrons. The molecule has 110 valence electrons. The van der Waals surface area contributed by atoms with Crippen LogP contribution in [0.5, 0.6) is 11.5 Å². The second-order valence-electron chi connectivity index (χ2n) is 4.43. The fourth-order valence-corrected chi connectivity index (χ4v) is 1.80. The van der Waals surface area contributed by atoms with Crippen LogP contribution in [0.15, 0.2) is 42.5 Å². The van der Waals surface area contributed by atoms with Crippen molar-refractivity contribution in [2.45, 2.75) is 13.0 Å². The summed E-state index contributed by atoms with van der Waals surface area (Å²) in [6, 6.07) is 9.70. The standard InChI is InChI=1S/C16H14F2O3/c1-10(21-13-7-8-14(17)15(18)9-13)16(19)11-3-5-12(20-2)6-4-11/h3-10H,1-2H3. The zero-order chi connectivity index (χ0) is 15.4. The van der Waals surface area contributed by atoms with Crippen molar-refractivity contribution >= 4 is 5.78 Å². The number of benzene rings is 2. The Balaban J connectivity index is 2.09. The quantitative estimate of drug-likeness (QED) is 0.790. The van der Waals surface area contributed by atoms with E-state index in [-0.39, 0.29) is 11.5 Å². The van der Waals surface area contributed by atoms with Crippen LogP contribution >= 0.6 is 0 Å². The molecule has 3 nitrogen and oxygen atoms in total. The van der Waals surface area contributed by atoms with Gasteiger partial charge in [0, 0.05) is 11.6 Å². The molecule has 1 unspecified atom stereocenters. The minimum Gasteiger partial charge on any atom is -0.497 e. The van der Waals surface area contributed by atoms with Gasteiger partial charge >= 0.3 is 0 Å². The number of halogens is 2.